The van der Waals surface area contributed by atoms with E-state index < -0.39 is 12.3 Å². The van der Waals surface area contributed by atoms with Crippen LogP contribution in [-0.4, -0.2) is 38.9 Å². The summed E-state index contributed by atoms with van der Waals surface area (Å²) >= 11 is 0. The Balaban J connectivity index is 0.000000569. The molecule has 4 nitrogen and oxygen atoms in total. The monoisotopic (exact) mass is 484 g/mol. The van der Waals surface area contributed by atoms with Crippen molar-refractivity contribution in [3.63, 3.8) is 0 Å². The van der Waals surface area contributed by atoms with Crippen LogP contribution in [-0.2, 0) is 17.6 Å². The van der Waals surface area contributed by atoms with Crippen molar-refractivity contribution in [1.82, 2.24) is 0 Å². The van der Waals surface area contributed by atoms with Crippen molar-refractivity contribution in [2.75, 3.05) is 14.1 Å². The Morgan fingerprint density at radius 1 is 1.03 bits per heavy atom. The van der Waals surface area contributed by atoms with Gasteiger partial charge in [0.2, 0.25) is 0 Å². The number of aliphatic imine (C=N–C) groups is 2. The molecular formula is C29H38F2N2O2. The number of carbonyl (C=O) groups is 1. The van der Waals surface area contributed by atoms with E-state index in [0.717, 1.165) is 29.5 Å². The number of allylic oxidation sites excluding steroid dienone is 1. The number of halogens is 2. The fraction of sp³-hybridized carbons (Fsp3) is 0.345. The van der Waals surface area contributed by atoms with Gasteiger partial charge in [0.25, 0.3) is 5.90 Å². The van der Waals surface area contributed by atoms with E-state index in [4.69, 9.17) is 4.74 Å². The summed E-state index contributed by atoms with van der Waals surface area (Å²) in [6, 6.07) is 13.5. The van der Waals surface area contributed by atoms with E-state index in [9.17, 15) is 13.6 Å². The van der Waals surface area contributed by atoms with Crippen LogP contribution in [0.15, 0.2) is 65.6 Å². The van der Waals surface area contributed by atoms with Crippen LogP contribution in [0.4, 0.5) is 8.78 Å². The van der Waals surface area contributed by atoms with Crippen molar-refractivity contribution >= 4 is 29.7 Å². The summed E-state index contributed by atoms with van der Waals surface area (Å²) in [5, 5.41) is 0. The number of Topliss-reactive ketones (excluding diaryl/α,β-unsaturated/α-hetero) is 1. The molecule has 0 fully saturated rings. The van der Waals surface area contributed by atoms with Gasteiger partial charge in [0.15, 0.2) is 5.78 Å². The molecular weight excluding hydrogens is 446 g/mol. The number of carbonyl (C=O) groups excluding carboxylic acids is 1. The molecule has 0 amide bonds. The van der Waals surface area contributed by atoms with E-state index >= 15 is 0 Å². The molecule has 0 aromatic heterocycles. The van der Waals surface area contributed by atoms with Crippen molar-refractivity contribution in [1.29, 1.82) is 0 Å². The molecule has 0 radical (unpaired) electrons. The first-order chi connectivity index (χ1) is 16.7. The van der Waals surface area contributed by atoms with Crippen molar-refractivity contribution < 1.29 is 18.3 Å². The average Bonchev–Trinajstić information content (AvgIpc) is 3.24. The summed E-state index contributed by atoms with van der Waals surface area (Å²) < 4.78 is 29.7. The zero-order valence-corrected chi connectivity index (χ0v) is 21.8. The molecule has 3 rings (SSSR count). The third-order valence-electron chi connectivity index (χ3n) is 4.84. The van der Waals surface area contributed by atoms with Crippen LogP contribution in [0.1, 0.15) is 66.7 Å². The number of ether oxygens (including phenoxy) is 1. The van der Waals surface area contributed by atoms with Gasteiger partial charge in [0.1, 0.15) is 5.76 Å². The lowest BCUT2D eigenvalue weighted by Crippen LogP contribution is -2.13. The van der Waals surface area contributed by atoms with Crippen LogP contribution in [0.3, 0.4) is 0 Å². The van der Waals surface area contributed by atoms with Crippen LogP contribution in [0.25, 0.3) is 11.3 Å². The second-order valence-corrected chi connectivity index (χ2v) is 7.33. The predicted molar refractivity (Wildman–Crippen MR) is 146 cm³/mol. The molecule has 0 unspecified atom stereocenters. The summed E-state index contributed by atoms with van der Waals surface area (Å²) in [5.74, 6) is -0.166. The minimum Gasteiger partial charge on any atom is -0.438 e. The Kier molecular flexibility index (Phi) is 15.4. The minimum absolute atomic E-state index is 0.175. The van der Waals surface area contributed by atoms with Crippen LogP contribution >= 0.6 is 0 Å². The third kappa shape index (κ3) is 10.6. The number of nitrogens with zero attached hydrogens (tertiary/aromatic N) is 2. The largest absolute Gasteiger partial charge is 0.438 e. The van der Waals surface area contributed by atoms with Gasteiger partial charge in [-0.1, -0.05) is 75.9 Å². The maximum Gasteiger partial charge on any atom is 0.312 e. The maximum absolute atomic E-state index is 12.4. The van der Waals surface area contributed by atoms with Gasteiger partial charge < -0.3 is 9.73 Å². The van der Waals surface area contributed by atoms with Gasteiger partial charge in [-0.15, -0.1) is 0 Å². The van der Waals surface area contributed by atoms with Crippen molar-refractivity contribution in [3.8, 4) is 0 Å². The molecule has 0 bridgehead atoms. The van der Waals surface area contributed by atoms with E-state index in [0.29, 0.717) is 12.0 Å². The smallest absolute Gasteiger partial charge is 0.312 e. The summed E-state index contributed by atoms with van der Waals surface area (Å²) in [7, 11) is 2.90. The highest BCUT2D eigenvalue weighted by Crippen LogP contribution is 2.25. The number of aryl methyl sites for hydroxylation is 2. The molecule has 0 heterocycles. The Labute approximate surface area is 209 Å². The average molecular weight is 485 g/mol. The van der Waals surface area contributed by atoms with E-state index in [1.54, 1.807) is 19.2 Å². The summed E-state index contributed by atoms with van der Waals surface area (Å²) in [6.45, 7) is 18.6. The van der Waals surface area contributed by atoms with Crippen molar-refractivity contribution in [2.24, 2.45) is 9.98 Å². The number of hydrogen-bond donors (Lipinski definition) is 0. The number of ketones is 1. The first kappa shape index (κ1) is 31.6. The number of benzene rings is 2. The molecule has 1 aliphatic rings. The topological polar surface area (TPSA) is 51.0 Å². The zero-order chi connectivity index (χ0) is 27.0. The molecule has 0 spiro atoms. The van der Waals surface area contributed by atoms with Crippen LogP contribution in [0, 0.1) is 0 Å². The van der Waals surface area contributed by atoms with Crippen molar-refractivity contribution in [2.45, 2.75) is 53.4 Å². The van der Waals surface area contributed by atoms with Crippen LogP contribution in [0.2, 0.25) is 0 Å². The van der Waals surface area contributed by atoms with Gasteiger partial charge in [-0.05, 0) is 49.2 Å². The minimum atomic E-state index is -2.73. The first-order valence-electron chi connectivity index (χ1n) is 11.6. The predicted octanol–water partition coefficient (Wildman–Crippen LogP) is 7.72. The normalized spacial score (nSPS) is 11.6. The molecule has 0 aliphatic heterocycles. The van der Waals surface area contributed by atoms with Gasteiger partial charge in [-0.2, -0.15) is 8.78 Å². The van der Waals surface area contributed by atoms with Crippen LogP contribution < -0.4 is 0 Å². The highest BCUT2D eigenvalue weighted by atomic mass is 19.3. The lowest BCUT2D eigenvalue weighted by Gasteiger charge is -2.10. The molecule has 35 heavy (non-hydrogen) atoms. The number of fused-ring (bicyclic) bond motifs is 1. The highest BCUT2D eigenvalue weighted by Gasteiger charge is 2.19. The summed E-state index contributed by atoms with van der Waals surface area (Å²) in [5.41, 5.74) is 6.02. The van der Waals surface area contributed by atoms with Gasteiger partial charge in [0, 0.05) is 31.6 Å². The molecule has 190 valence electrons. The van der Waals surface area contributed by atoms with Crippen molar-refractivity contribution in [3.05, 3.63) is 83.4 Å². The maximum atomic E-state index is 12.4. The van der Waals surface area contributed by atoms with E-state index in [1.807, 2.05) is 58.0 Å². The third-order valence-corrected chi connectivity index (χ3v) is 4.84. The quantitative estimate of drug-likeness (QED) is 0.248. The molecule has 1 aliphatic carbocycles. The Morgan fingerprint density at radius 2 is 1.57 bits per heavy atom. The van der Waals surface area contributed by atoms with Gasteiger partial charge in [0.05, 0.1) is 0 Å². The molecule has 0 atom stereocenters. The number of rotatable bonds is 5. The Hall–Kier alpha value is -3.41. The lowest BCUT2D eigenvalue weighted by atomic mass is 10.0. The molecule has 0 saturated carbocycles. The molecule has 0 N–H and O–H groups in total. The summed E-state index contributed by atoms with van der Waals surface area (Å²) in [4.78, 5) is 18.0. The fourth-order valence-electron chi connectivity index (χ4n) is 3.00. The molecule has 6 heteroatoms. The first-order valence-corrected chi connectivity index (χ1v) is 11.6. The molecule has 2 aromatic rings. The van der Waals surface area contributed by atoms with E-state index in [2.05, 4.69) is 29.9 Å². The Morgan fingerprint density at radius 3 is 2.03 bits per heavy atom. The van der Waals surface area contributed by atoms with Crippen LogP contribution in [0.5, 0.6) is 0 Å². The van der Waals surface area contributed by atoms with E-state index in [-0.39, 0.29) is 11.5 Å². The lowest BCUT2D eigenvalue weighted by molar-refractivity contribution is 0.0994. The van der Waals surface area contributed by atoms with Gasteiger partial charge in [-0.3, -0.25) is 9.79 Å². The zero-order valence-electron chi connectivity index (χ0n) is 21.8. The second-order valence-electron chi connectivity index (χ2n) is 7.33. The highest BCUT2D eigenvalue weighted by molar-refractivity contribution is 6.01. The number of alkyl halides is 2. The SMILES string of the molecule is C=C(C)c1ccc2c(c1)C(=O)CC2.C=C(OC(=NC)C(F)F)c1ccc(CC)cc1.C=NC.CC. The van der Waals surface area contributed by atoms with E-state index in [1.165, 1.54) is 18.2 Å². The second kappa shape index (κ2) is 17.1. The Bertz CT molecular complexity index is 1010. The molecule has 0 saturated heterocycles. The fourth-order valence-corrected chi connectivity index (χ4v) is 3.00. The van der Waals surface area contributed by atoms with Gasteiger partial charge >= 0.3 is 6.43 Å². The summed E-state index contributed by atoms with van der Waals surface area (Å²) in [6.07, 6.45) is -0.224. The number of hydrogen-bond acceptors (Lipinski definition) is 4. The standard InChI is InChI=1S/C13H15F2NO.C12H12O.C2H5N.C2H6/c1-4-10-5-7-11(8-6-10)9(2)17-13(16-3)12(14)15;1-8(2)10-4-3-9-5-6-12(13)11(9)7-10;1-3-2;1-2/h5-8,12H,2,4H2,1,3H3;3-4,7H,1,5-6H2,2H3;1H2,2H3;1-2H3. The molecule has 2 aromatic carbocycles. The van der Waals surface area contributed by atoms with Gasteiger partial charge in [-0.25, -0.2) is 0 Å².